The number of hydrogen-bond acceptors (Lipinski definition) is 3. The largest absolute Gasteiger partial charge is 0.349 e. The third-order valence-corrected chi connectivity index (χ3v) is 3.74. The van der Waals surface area contributed by atoms with Crippen LogP contribution in [0.25, 0.3) is 5.65 Å². The molecule has 2 rings (SSSR count). The topological polar surface area (TPSA) is 46.4 Å². The first kappa shape index (κ1) is 13.0. The number of aromatic nitrogens is 2. The van der Waals surface area contributed by atoms with Gasteiger partial charge in [0.15, 0.2) is 0 Å². The number of hydrogen-bond donors (Lipinski definition) is 1. The van der Waals surface area contributed by atoms with Crippen LogP contribution in [-0.4, -0.2) is 26.8 Å². The van der Waals surface area contributed by atoms with Gasteiger partial charge in [0.2, 0.25) is 5.91 Å². The van der Waals surface area contributed by atoms with Gasteiger partial charge in [-0.25, -0.2) is 4.98 Å². The van der Waals surface area contributed by atoms with Crippen molar-refractivity contribution in [1.29, 1.82) is 0 Å². The van der Waals surface area contributed by atoms with Gasteiger partial charge in [-0.2, -0.15) is 11.8 Å². The normalized spacial score (nSPS) is 12.6. The van der Waals surface area contributed by atoms with Crippen LogP contribution in [0.4, 0.5) is 0 Å². The van der Waals surface area contributed by atoms with Gasteiger partial charge in [0.25, 0.3) is 0 Å². The lowest BCUT2D eigenvalue weighted by molar-refractivity contribution is -0.120. The molecule has 0 bridgehead atoms. The number of fused-ring (bicyclic) bond motifs is 1. The summed E-state index contributed by atoms with van der Waals surface area (Å²) >= 11 is 1.54. The first-order chi connectivity index (χ1) is 8.60. The van der Waals surface area contributed by atoms with Gasteiger partial charge in [-0.15, -0.1) is 0 Å². The van der Waals surface area contributed by atoms with Crippen molar-refractivity contribution < 1.29 is 4.79 Å². The van der Waals surface area contributed by atoms with E-state index in [0.717, 1.165) is 11.3 Å². The fourth-order valence-electron chi connectivity index (χ4n) is 1.67. The zero-order valence-electron chi connectivity index (χ0n) is 10.8. The highest BCUT2D eigenvalue weighted by Gasteiger charge is 2.11. The summed E-state index contributed by atoms with van der Waals surface area (Å²) in [6.45, 7) is 4.42. The molecule has 0 aliphatic carbocycles. The lowest BCUT2D eigenvalue weighted by atomic mass is 10.3. The summed E-state index contributed by atoms with van der Waals surface area (Å²) in [6.07, 6.45) is 5.91. The van der Waals surface area contributed by atoms with E-state index in [9.17, 15) is 4.79 Å². The fraction of sp³-hybridized carbons (Fsp3) is 0.385. The summed E-state index contributed by atoms with van der Waals surface area (Å²) in [7, 11) is 0. The van der Waals surface area contributed by atoms with Crippen molar-refractivity contribution in [3.05, 3.63) is 35.8 Å². The van der Waals surface area contributed by atoms with Crippen LogP contribution in [0.2, 0.25) is 0 Å². The van der Waals surface area contributed by atoms with Crippen LogP contribution in [0.3, 0.4) is 0 Å². The Morgan fingerprint density at radius 3 is 3.00 bits per heavy atom. The van der Waals surface area contributed by atoms with Crippen molar-refractivity contribution in [2.45, 2.75) is 25.6 Å². The maximum absolute atomic E-state index is 11.7. The molecule has 4 nitrogen and oxygen atoms in total. The van der Waals surface area contributed by atoms with Gasteiger partial charge in [-0.3, -0.25) is 4.79 Å². The van der Waals surface area contributed by atoms with Crippen molar-refractivity contribution in [3.8, 4) is 0 Å². The van der Waals surface area contributed by atoms with Gasteiger partial charge >= 0.3 is 0 Å². The zero-order valence-corrected chi connectivity index (χ0v) is 11.6. The average Bonchev–Trinajstić information content (AvgIpc) is 2.76. The molecule has 0 aliphatic rings. The van der Waals surface area contributed by atoms with E-state index in [1.807, 2.05) is 49.0 Å². The third kappa shape index (κ3) is 2.85. The minimum Gasteiger partial charge on any atom is -0.349 e. The summed E-state index contributed by atoms with van der Waals surface area (Å²) in [4.78, 5) is 16.1. The molecule has 0 radical (unpaired) electrons. The van der Waals surface area contributed by atoms with Crippen molar-refractivity contribution in [2.24, 2.45) is 0 Å². The SMILES string of the molecule is CS[C@H](C)C(=O)NCc1cn2cc(C)ccc2n1. The first-order valence-corrected chi connectivity index (χ1v) is 7.13. The second-order valence-corrected chi connectivity index (χ2v) is 5.48. The standard InChI is InChI=1S/C13H17N3OS/c1-9-4-5-12-15-11(8-16(12)7-9)6-14-13(17)10(2)18-3/h4-5,7-8,10H,6H2,1-3H3,(H,14,17)/t10-/m1/s1. The highest BCUT2D eigenvalue weighted by atomic mass is 32.2. The molecule has 2 heterocycles. The van der Waals surface area contributed by atoms with Crippen LogP contribution in [0.15, 0.2) is 24.5 Å². The molecule has 18 heavy (non-hydrogen) atoms. The van der Waals surface area contributed by atoms with Gasteiger partial charge in [0.05, 0.1) is 17.5 Å². The number of amides is 1. The Kier molecular flexibility index (Phi) is 3.91. The lowest BCUT2D eigenvalue weighted by Gasteiger charge is -2.07. The number of carbonyl (C=O) groups excluding carboxylic acids is 1. The second kappa shape index (κ2) is 5.44. The lowest BCUT2D eigenvalue weighted by Crippen LogP contribution is -2.30. The van der Waals surface area contributed by atoms with Crippen LogP contribution >= 0.6 is 11.8 Å². The van der Waals surface area contributed by atoms with Gasteiger partial charge in [-0.1, -0.05) is 6.07 Å². The average molecular weight is 263 g/mol. The van der Waals surface area contributed by atoms with Crippen molar-refractivity contribution in [2.75, 3.05) is 6.26 Å². The molecule has 2 aromatic rings. The Morgan fingerprint density at radius 1 is 1.50 bits per heavy atom. The predicted octanol–water partition coefficient (Wildman–Crippen LogP) is 2.01. The van der Waals surface area contributed by atoms with E-state index in [0.29, 0.717) is 6.54 Å². The number of rotatable bonds is 4. The first-order valence-electron chi connectivity index (χ1n) is 5.85. The number of nitrogens with zero attached hydrogens (tertiary/aromatic N) is 2. The quantitative estimate of drug-likeness (QED) is 0.918. The molecule has 0 fully saturated rings. The predicted molar refractivity (Wildman–Crippen MR) is 74.8 cm³/mol. The molecule has 2 aromatic heterocycles. The molecule has 0 aliphatic heterocycles. The molecule has 5 heteroatoms. The van der Waals surface area contributed by atoms with Crippen LogP contribution in [0.5, 0.6) is 0 Å². The number of pyridine rings is 1. The van der Waals surface area contributed by atoms with Gasteiger partial charge in [0, 0.05) is 12.4 Å². The van der Waals surface area contributed by atoms with Crippen LogP contribution in [0.1, 0.15) is 18.2 Å². The summed E-state index contributed by atoms with van der Waals surface area (Å²) < 4.78 is 1.98. The number of aryl methyl sites for hydroxylation is 1. The van der Waals surface area contributed by atoms with Crippen LogP contribution in [0, 0.1) is 6.92 Å². The number of carbonyl (C=O) groups is 1. The molecule has 1 amide bonds. The zero-order chi connectivity index (χ0) is 13.1. The maximum atomic E-state index is 11.7. The molecule has 1 atom stereocenters. The van der Waals surface area contributed by atoms with Crippen LogP contribution < -0.4 is 5.32 Å². The summed E-state index contributed by atoms with van der Waals surface area (Å²) in [5, 5.41) is 2.87. The Labute approximate surface area is 111 Å². The Bertz CT molecular complexity index is 564. The highest BCUT2D eigenvalue weighted by Crippen LogP contribution is 2.08. The summed E-state index contributed by atoms with van der Waals surface area (Å²) in [5.74, 6) is 0.0516. The Balaban J connectivity index is 2.06. The van der Waals surface area contributed by atoms with Crippen molar-refractivity contribution >= 4 is 23.3 Å². The van der Waals surface area contributed by atoms with Crippen LogP contribution in [-0.2, 0) is 11.3 Å². The monoisotopic (exact) mass is 263 g/mol. The van der Waals surface area contributed by atoms with E-state index < -0.39 is 0 Å². The molecule has 0 aromatic carbocycles. The number of nitrogens with one attached hydrogen (secondary N) is 1. The Morgan fingerprint density at radius 2 is 2.28 bits per heavy atom. The smallest absolute Gasteiger partial charge is 0.233 e. The van der Waals surface area contributed by atoms with E-state index >= 15 is 0 Å². The third-order valence-electron chi connectivity index (χ3n) is 2.82. The van der Waals surface area contributed by atoms with Crippen molar-refractivity contribution in [3.63, 3.8) is 0 Å². The number of thioether (sulfide) groups is 1. The minimum absolute atomic E-state index is 0.0238. The van der Waals surface area contributed by atoms with Gasteiger partial charge in [-0.05, 0) is 31.7 Å². The molecular weight excluding hydrogens is 246 g/mol. The van der Waals surface area contributed by atoms with E-state index in [1.165, 1.54) is 17.3 Å². The minimum atomic E-state index is -0.0238. The molecular formula is C13H17N3OS. The summed E-state index contributed by atoms with van der Waals surface area (Å²) in [5.41, 5.74) is 2.97. The van der Waals surface area contributed by atoms with Gasteiger partial charge in [0.1, 0.15) is 5.65 Å². The van der Waals surface area contributed by atoms with E-state index in [2.05, 4.69) is 10.3 Å². The maximum Gasteiger partial charge on any atom is 0.233 e. The molecule has 0 saturated heterocycles. The summed E-state index contributed by atoms with van der Waals surface area (Å²) in [6, 6.07) is 4.01. The Hall–Kier alpha value is -1.49. The molecule has 0 spiro atoms. The molecule has 0 unspecified atom stereocenters. The van der Waals surface area contributed by atoms with E-state index in [-0.39, 0.29) is 11.2 Å². The molecule has 0 saturated carbocycles. The van der Waals surface area contributed by atoms with Crippen molar-refractivity contribution in [1.82, 2.24) is 14.7 Å². The second-order valence-electron chi connectivity index (χ2n) is 4.30. The van der Waals surface area contributed by atoms with E-state index in [4.69, 9.17) is 0 Å². The number of imidazole rings is 1. The van der Waals surface area contributed by atoms with E-state index in [1.54, 1.807) is 0 Å². The fourth-order valence-corrected chi connectivity index (χ4v) is 1.97. The molecule has 1 N–H and O–H groups in total. The van der Waals surface area contributed by atoms with Gasteiger partial charge < -0.3 is 9.72 Å². The molecule has 96 valence electrons. The highest BCUT2D eigenvalue weighted by molar-refractivity contribution is 7.99.